The number of hydrogen-bond acceptors (Lipinski definition) is 1. The van der Waals surface area contributed by atoms with Crippen molar-refractivity contribution in [2.45, 2.75) is 38.2 Å². The van der Waals surface area contributed by atoms with Gasteiger partial charge in [-0.1, -0.05) is 55.3 Å². The van der Waals surface area contributed by atoms with Crippen molar-refractivity contribution >= 4 is 10.8 Å². The Labute approximate surface area is 108 Å². The lowest BCUT2D eigenvalue weighted by molar-refractivity contribution is 0.160. The van der Waals surface area contributed by atoms with Gasteiger partial charge in [0.1, 0.15) is 0 Å². The Bertz CT molecular complexity index is 528. The second kappa shape index (κ2) is 5.11. The number of rotatable bonds is 5. The zero-order chi connectivity index (χ0) is 12.4. The molecule has 1 atom stereocenters. The molecule has 1 aliphatic rings. The highest BCUT2D eigenvalue weighted by atomic mass is 16.3. The van der Waals surface area contributed by atoms with Gasteiger partial charge in [0.25, 0.3) is 0 Å². The molecule has 1 fully saturated rings. The molecule has 1 nitrogen and oxygen atoms in total. The highest BCUT2D eigenvalue weighted by molar-refractivity contribution is 5.82. The van der Waals surface area contributed by atoms with Crippen LogP contribution in [-0.2, 0) is 6.42 Å². The molecule has 94 valence electrons. The van der Waals surface area contributed by atoms with Gasteiger partial charge >= 0.3 is 0 Å². The smallest absolute Gasteiger partial charge is 0.0580 e. The van der Waals surface area contributed by atoms with Gasteiger partial charge in [0.15, 0.2) is 0 Å². The molecular formula is C17H20O. The summed E-state index contributed by atoms with van der Waals surface area (Å²) in [5.41, 5.74) is 1.25. The molecule has 0 aliphatic heterocycles. The molecule has 1 unspecified atom stereocenters. The Morgan fingerprint density at radius 1 is 1.06 bits per heavy atom. The van der Waals surface area contributed by atoms with E-state index in [4.69, 9.17) is 0 Å². The highest BCUT2D eigenvalue weighted by Gasteiger charge is 2.21. The largest absolute Gasteiger partial charge is 0.393 e. The highest BCUT2D eigenvalue weighted by Crippen LogP contribution is 2.34. The van der Waals surface area contributed by atoms with Crippen LogP contribution in [-0.4, -0.2) is 11.2 Å². The number of benzene rings is 2. The Balaban J connectivity index is 1.65. The maximum atomic E-state index is 10.1. The number of fused-ring (bicyclic) bond motifs is 1. The van der Waals surface area contributed by atoms with E-state index in [2.05, 4.69) is 42.5 Å². The van der Waals surface area contributed by atoms with Crippen LogP contribution in [0.25, 0.3) is 10.8 Å². The first-order chi connectivity index (χ1) is 8.81. The van der Waals surface area contributed by atoms with Crippen LogP contribution in [0.3, 0.4) is 0 Å². The van der Waals surface area contributed by atoms with Crippen LogP contribution in [0.4, 0.5) is 0 Å². The lowest BCUT2D eigenvalue weighted by Crippen LogP contribution is -2.10. The van der Waals surface area contributed by atoms with Crippen LogP contribution >= 0.6 is 0 Å². The Morgan fingerprint density at radius 3 is 2.61 bits per heavy atom. The Hall–Kier alpha value is -1.34. The third-order valence-electron chi connectivity index (χ3n) is 3.89. The number of aliphatic hydroxyl groups is 1. The minimum Gasteiger partial charge on any atom is -0.393 e. The van der Waals surface area contributed by atoms with E-state index in [-0.39, 0.29) is 6.10 Å². The van der Waals surface area contributed by atoms with Crippen LogP contribution in [0.1, 0.15) is 31.2 Å². The van der Waals surface area contributed by atoms with Gasteiger partial charge in [-0.05, 0) is 41.5 Å². The van der Waals surface area contributed by atoms with Crippen molar-refractivity contribution in [3.63, 3.8) is 0 Å². The molecule has 18 heavy (non-hydrogen) atoms. The van der Waals surface area contributed by atoms with E-state index in [9.17, 15) is 5.11 Å². The van der Waals surface area contributed by atoms with E-state index in [1.807, 2.05) is 0 Å². The minimum atomic E-state index is -0.174. The Kier molecular flexibility index (Phi) is 3.33. The number of hydrogen-bond donors (Lipinski definition) is 1. The normalized spacial score (nSPS) is 16.9. The standard InChI is InChI=1S/C17H20O/c18-17(10-8-13-5-6-13)12-14-7-9-15-3-1-2-4-16(15)11-14/h1-4,7,9,11,13,17-18H,5-6,8,10,12H2. The fraction of sp³-hybridized carbons (Fsp3) is 0.412. The molecule has 3 rings (SSSR count). The van der Waals surface area contributed by atoms with E-state index >= 15 is 0 Å². The molecule has 0 saturated heterocycles. The second-order valence-electron chi connectivity index (χ2n) is 5.56. The third-order valence-corrected chi connectivity index (χ3v) is 3.89. The van der Waals surface area contributed by atoms with Gasteiger partial charge in [0.2, 0.25) is 0 Å². The molecule has 0 amide bonds. The SMILES string of the molecule is OC(CCC1CC1)Cc1ccc2ccccc2c1. The summed E-state index contributed by atoms with van der Waals surface area (Å²) < 4.78 is 0. The lowest BCUT2D eigenvalue weighted by atomic mass is 10.00. The quantitative estimate of drug-likeness (QED) is 0.839. The number of aliphatic hydroxyl groups excluding tert-OH is 1. The van der Waals surface area contributed by atoms with E-state index < -0.39 is 0 Å². The lowest BCUT2D eigenvalue weighted by Gasteiger charge is -2.11. The summed E-state index contributed by atoms with van der Waals surface area (Å²) in [7, 11) is 0. The maximum absolute atomic E-state index is 10.1. The summed E-state index contributed by atoms with van der Waals surface area (Å²) in [4.78, 5) is 0. The van der Waals surface area contributed by atoms with Crippen molar-refractivity contribution < 1.29 is 5.11 Å². The van der Waals surface area contributed by atoms with Gasteiger partial charge in [-0.15, -0.1) is 0 Å². The van der Waals surface area contributed by atoms with Gasteiger partial charge in [-0.25, -0.2) is 0 Å². The molecule has 2 aromatic rings. The molecule has 1 saturated carbocycles. The summed E-state index contributed by atoms with van der Waals surface area (Å²) in [6.45, 7) is 0. The molecule has 1 aliphatic carbocycles. The molecule has 0 bridgehead atoms. The molecule has 0 heterocycles. The predicted molar refractivity (Wildman–Crippen MR) is 75.6 cm³/mol. The Morgan fingerprint density at radius 2 is 1.83 bits per heavy atom. The monoisotopic (exact) mass is 240 g/mol. The summed E-state index contributed by atoms with van der Waals surface area (Å²) >= 11 is 0. The third kappa shape index (κ3) is 2.91. The van der Waals surface area contributed by atoms with Crippen molar-refractivity contribution in [3.05, 3.63) is 48.0 Å². The molecule has 0 radical (unpaired) electrons. The molecule has 2 aromatic carbocycles. The first-order valence-electron chi connectivity index (χ1n) is 6.97. The van der Waals surface area contributed by atoms with Crippen LogP contribution < -0.4 is 0 Å². The van der Waals surface area contributed by atoms with E-state index in [1.165, 1.54) is 35.6 Å². The van der Waals surface area contributed by atoms with Crippen molar-refractivity contribution in [3.8, 4) is 0 Å². The van der Waals surface area contributed by atoms with Crippen LogP contribution in [0.5, 0.6) is 0 Å². The van der Waals surface area contributed by atoms with E-state index in [0.717, 1.165) is 18.8 Å². The van der Waals surface area contributed by atoms with Crippen molar-refractivity contribution in [2.75, 3.05) is 0 Å². The molecular weight excluding hydrogens is 220 g/mol. The summed E-state index contributed by atoms with van der Waals surface area (Å²) in [5, 5.41) is 12.6. The van der Waals surface area contributed by atoms with Crippen LogP contribution in [0.15, 0.2) is 42.5 Å². The molecule has 1 heteroatoms. The zero-order valence-electron chi connectivity index (χ0n) is 10.7. The first kappa shape index (κ1) is 11.7. The predicted octanol–water partition coefficient (Wildman–Crippen LogP) is 3.93. The molecule has 0 aromatic heterocycles. The molecule has 1 N–H and O–H groups in total. The van der Waals surface area contributed by atoms with Gasteiger partial charge < -0.3 is 5.11 Å². The van der Waals surface area contributed by atoms with Crippen LogP contribution in [0.2, 0.25) is 0 Å². The van der Waals surface area contributed by atoms with Crippen LogP contribution in [0, 0.1) is 5.92 Å². The van der Waals surface area contributed by atoms with Gasteiger partial charge in [-0.3, -0.25) is 0 Å². The average Bonchev–Trinajstić information content (AvgIpc) is 3.20. The maximum Gasteiger partial charge on any atom is 0.0580 e. The van der Waals surface area contributed by atoms with Gasteiger partial charge in [-0.2, -0.15) is 0 Å². The molecule has 0 spiro atoms. The van der Waals surface area contributed by atoms with Crippen molar-refractivity contribution in [1.82, 2.24) is 0 Å². The summed E-state index contributed by atoms with van der Waals surface area (Å²) in [6, 6.07) is 14.9. The van der Waals surface area contributed by atoms with Crippen molar-refractivity contribution in [2.24, 2.45) is 5.92 Å². The zero-order valence-corrected chi connectivity index (χ0v) is 10.7. The first-order valence-corrected chi connectivity index (χ1v) is 6.97. The fourth-order valence-electron chi connectivity index (χ4n) is 2.57. The van der Waals surface area contributed by atoms with Gasteiger partial charge in [0.05, 0.1) is 6.10 Å². The topological polar surface area (TPSA) is 20.2 Å². The average molecular weight is 240 g/mol. The minimum absolute atomic E-state index is 0.174. The van der Waals surface area contributed by atoms with Gasteiger partial charge in [0, 0.05) is 0 Å². The second-order valence-corrected chi connectivity index (χ2v) is 5.56. The summed E-state index contributed by atoms with van der Waals surface area (Å²) in [5.74, 6) is 0.913. The summed E-state index contributed by atoms with van der Waals surface area (Å²) in [6.07, 6.45) is 5.53. The fourth-order valence-corrected chi connectivity index (χ4v) is 2.57. The van der Waals surface area contributed by atoms with Crippen molar-refractivity contribution in [1.29, 1.82) is 0 Å². The van der Waals surface area contributed by atoms with E-state index in [0.29, 0.717) is 0 Å². The van der Waals surface area contributed by atoms with E-state index in [1.54, 1.807) is 0 Å².